The Balaban J connectivity index is 1.07. The number of hydrogen-bond acceptors (Lipinski definition) is 5. The molecule has 9 atom stereocenters. The summed E-state index contributed by atoms with van der Waals surface area (Å²) in [5, 5.41) is 21.3. The molecule has 292 valence electrons. The predicted octanol–water partition coefficient (Wildman–Crippen LogP) is 12.9. The van der Waals surface area contributed by atoms with E-state index in [-0.39, 0.29) is 10.8 Å². The molecular formula is C54H51N5. The molecule has 0 N–H and O–H groups in total. The topological polar surface area (TPSA) is 86.2 Å². The molecule has 0 radical (unpaired) electrons. The maximum atomic E-state index is 9.49. The van der Waals surface area contributed by atoms with Crippen LogP contribution < -0.4 is 0 Å². The fourth-order valence-corrected chi connectivity index (χ4v) is 13.6. The molecule has 5 unspecified atom stereocenters. The van der Waals surface area contributed by atoms with Crippen LogP contribution in [-0.2, 0) is 10.8 Å². The molecule has 0 saturated heterocycles. The standard InChI is InChI=1S/C54H51N5/c1-32-18-36-19-33(2)26-54(25-32,27-36)44-23-39(22-43(24-44)53(3)28-41-20-40-21-42(29-53)49(40)41)45-16-17-48(47-7-5-4-6-46(45)47)52-58-50(37-12-8-34(30-55)9-13-37)57-51(59-52)38-14-10-35(31-56)11-15-38/h4-17,22-24,32-33,36,40-42,49H,18-21,25-29H2,1-3H3/t32-,33+,36?,40?,41-,42+,49?,53?,54?. The van der Waals surface area contributed by atoms with E-state index in [1.165, 1.54) is 74.3 Å². The maximum Gasteiger partial charge on any atom is 0.164 e. The summed E-state index contributed by atoms with van der Waals surface area (Å²) in [7, 11) is 0. The summed E-state index contributed by atoms with van der Waals surface area (Å²) in [6, 6.07) is 40.5. The molecule has 0 aliphatic heterocycles. The Morgan fingerprint density at radius 2 is 1.05 bits per heavy atom. The van der Waals surface area contributed by atoms with Crippen molar-refractivity contribution >= 4 is 10.8 Å². The van der Waals surface area contributed by atoms with Gasteiger partial charge >= 0.3 is 0 Å². The molecule has 0 amide bonds. The molecular weight excluding hydrogens is 719 g/mol. The first-order valence-corrected chi connectivity index (χ1v) is 22.1. The van der Waals surface area contributed by atoms with Crippen molar-refractivity contribution in [3.63, 3.8) is 0 Å². The van der Waals surface area contributed by atoms with Crippen LogP contribution in [0.1, 0.15) is 101 Å². The molecule has 59 heavy (non-hydrogen) atoms. The summed E-state index contributed by atoms with van der Waals surface area (Å²) >= 11 is 0. The summed E-state index contributed by atoms with van der Waals surface area (Å²) < 4.78 is 0. The number of hydrogen-bond donors (Lipinski definition) is 0. The average molecular weight is 770 g/mol. The van der Waals surface area contributed by atoms with Crippen molar-refractivity contribution in [2.45, 2.75) is 89.4 Å². The Bertz CT molecular complexity index is 2610. The van der Waals surface area contributed by atoms with Crippen LogP contribution in [0.25, 0.3) is 56.1 Å². The van der Waals surface area contributed by atoms with Gasteiger partial charge in [0, 0.05) is 16.7 Å². The Morgan fingerprint density at radius 3 is 1.61 bits per heavy atom. The molecule has 2 bridgehead atoms. The van der Waals surface area contributed by atoms with E-state index in [4.69, 9.17) is 15.0 Å². The zero-order valence-corrected chi connectivity index (χ0v) is 34.5. The van der Waals surface area contributed by atoms with Gasteiger partial charge in [-0.3, -0.25) is 0 Å². The van der Waals surface area contributed by atoms with Crippen LogP contribution in [-0.4, -0.2) is 15.0 Å². The SMILES string of the molecule is C[C@@H]1CC2C[C@H](C)CC(c3cc(-c4ccc(-c5nc(-c6ccc(C#N)cc6)nc(-c6ccc(C#N)cc6)n5)c5ccccc45)cc(C4(C)C[C@H]5CC6C[C@@H](C4)C65)c3)(C2)C1. The third-order valence-electron chi connectivity index (χ3n) is 15.8. The molecule has 11 rings (SSSR count). The lowest BCUT2D eigenvalue weighted by molar-refractivity contribution is -0.141. The molecule has 1 aromatic heterocycles. The van der Waals surface area contributed by atoms with Crippen molar-refractivity contribution in [1.82, 2.24) is 15.0 Å². The van der Waals surface area contributed by atoms with Gasteiger partial charge in [-0.05, 0) is 198 Å². The minimum Gasteiger partial charge on any atom is -0.208 e. The van der Waals surface area contributed by atoms with Crippen molar-refractivity contribution < 1.29 is 0 Å². The van der Waals surface area contributed by atoms with Gasteiger partial charge in [-0.2, -0.15) is 10.5 Å². The molecule has 5 heteroatoms. The van der Waals surface area contributed by atoms with Crippen molar-refractivity contribution in [3.8, 4) is 57.4 Å². The van der Waals surface area contributed by atoms with Crippen molar-refractivity contribution in [2.75, 3.05) is 0 Å². The monoisotopic (exact) mass is 769 g/mol. The van der Waals surface area contributed by atoms with E-state index in [0.717, 1.165) is 63.5 Å². The van der Waals surface area contributed by atoms with Crippen molar-refractivity contribution in [1.29, 1.82) is 10.5 Å². The molecule has 0 spiro atoms. The van der Waals surface area contributed by atoms with Crippen molar-refractivity contribution in [3.05, 3.63) is 125 Å². The number of aromatic nitrogens is 3. The number of nitriles is 2. The van der Waals surface area contributed by atoms with Gasteiger partial charge in [-0.15, -0.1) is 0 Å². The second-order valence-corrected chi connectivity index (χ2v) is 19.9. The predicted molar refractivity (Wildman–Crippen MR) is 235 cm³/mol. The quantitative estimate of drug-likeness (QED) is 0.168. The van der Waals surface area contributed by atoms with Crippen LogP contribution in [0.3, 0.4) is 0 Å². The normalized spacial score (nSPS) is 30.3. The molecule has 6 aromatic rings. The first-order chi connectivity index (χ1) is 28.7. The highest BCUT2D eigenvalue weighted by molar-refractivity contribution is 6.04. The summed E-state index contributed by atoms with van der Waals surface area (Å²) in [6.07, 6.45) is 12.3. The largest absolute Gasteiger partial charge is 0.208 e. The molecule has 5 aliphatic rings. The lowest BCUT2D eigenvalue weighted by Gasteiger charge is -2.65. The van der Waals surface area contributed by atoms with E-state index >= 15 is 0 Å². The number of nitrogens with zero attached hydrogens (tertiary/aromatic N) is 5. The lowest BCUT2D eigenvalue weighted by atomic mass is 9.39. The Kier molecular flexibility index (Phi) is 8.46. The zero-order chi connectivity index (χ0) is 40.0. The van der Waals surface area contributed by atoms with Crippen LogP contribution in [0.5, 0.6) is 0 Å². The lowest BCUT2D eigenvalue weighted by Crippen LogP contribution is -2.58. The van der Waals surface area contributed by atoms with Gasteiger partial charge in [-0.1, -0.05) is 69.3 Å². The minimum atomic E-state index is 0.197. The van der Waals surface area contributed by atoms with E-state index < -0.39 is 0 Å². The van der Waals surface area contributed by atoms with Crippen LogP contribution in [0.15, 0.2) is 103 Å². The Labute approximate surface area is 348 Å². The van der Waals surface area contributed by atoms with Gasteiger partial charge in [-0.25, -0.2) is 15.0 Å². The second kappa shape index (κ2) is 13.7. The highest BCUT2D eigenvalue weighted by Crippen LogP contribution is 2.67. The van der Waals surface area contributed by atoms with Gasteiger partial charge in [0.15, 0.2) is 17.5 Å². The van der Waals surface area contributed by atoms with Crippen LogP contribution >= 0.6 is 0 Å². The molecule has 5 fully saturated rings. The smallest absolute Gasteiger partial charge is 0.164 e. The van der Waals surface area contributed by atoms with E-state index in [1.807, 2.05) is 24.3 Å². The highest BCUT2D eigenvalue weighted by Gasteiger charge is 2.59. The van der Waals surface area contributed by atoms with Crippen LogP contribution in [0.4, 0.5) is 0 Å². The van der Waals surface area contributed by atoms with Gasteiger partial charge in [0.2, 0.25) is 0 Å². The molecule has 5 saturated carbocycles. The highest BCUT2D eigenvalue weighted by atomic mass is 15.0. The first kappa shape index (κ1) is 36.4. The summed E-state index contributed by atoms with van der Waals surface area (Å²) in [5.41, 5.74) is 9.96. The molecule has 5 aliphatic carbocycles. The van der Waals surface area contributed by atoms with Crippen LogP contribution in [0, 0.1) is 64.1 Å². The zero-order valence-electron chi connectivity index (χ0n) is 34.5. The van der Waals surface area contributed by atoms with Gasteiger partial charge in [0.05, 0.1) is 23.3 Å². The first-order valence-electron chi connectivity index (χ1n) is 22.1. The summed E-state index contributed by atoms with van der Waals surface area (Å²) in [4.78, 5) is 15.2. The molecule has 1 heterocycles. The van der Waals surface area contributed by atoms with E-state index in [2.05, 4.69) is 87.5 Å². The van der Waals surface area contributed by atoms with Gasteiger partial charge < -0.3 is 0 Å². The fourth-order valence-electron chi connectivity index (χ4n) is 13.6. The van der Waals surface area contributed by atoms with E-state index in [0.29, 0.717) is 28.6 Å². The Morgan fingerprint density at radius 1 is 0.525 bits per heavy atom. The van der Waals surface area contributed by atoms with Crippen LogP contribution in [0.2, 0.25) is 0 Å². The molecule has 5 nitrogen and oxygen atoms in total. The second-order valence-electron chi connectivity index (χ2n) is 19.9. The Hall–Kier alpha value is -5.65. The van der Waals surface area contributed by atoms with E-state index in [9.17, 15) is 10.5 Å². The summed E-state index contributed by atoms with van der Waals surface area (Å²) in [6.45, 7) is 7.64. The van der Waals surface area contributed by atoms with E-state index in [1.54, 1.807) is 35.4 Å². The maximum absolute atomic E-state index is 9.49. The number of benzene rings is 5. The third-order valence-corrected chi connectivity index (χ3v) is 15.8. The van der Waals surface area contributed by atoms with Gasteiger partial charge in [0.25, 0.3) is 0 Å². The van der Waals surface area contributed by atoms with Crippen molar-refractivity contribution in [2.24, 2.45) is 41.4 Å². The third kappa shape index (κ3) is 6.11. The fraction of sp³-hybridized carbons (Fsp3) is 0.389. The average Bonchev–Trinajstić information content (AvgIpc) is 3.23. The summed E-state index contributed by atoms with van der Waals surface area (Å²) in [5.74, 6) is 7.84. The number of rotatable bonds is 6. The molecule has 5 aromatic carbocycles. The minimum absolute atomic E-state index is 0.197. The van der Waals surface area contributed by atoms with Gasteiger partial charge in [0.1, 0.15) is 0 Å². The number of fused-ring (bicyclic) bond motifs is 3.